The average Bonchev–Trinajstić information content (AvgIpc) is 3.59. The molecule has 0 aliphatic carbocycles. The summed E-state index contributed by atoms with van der Waals surface area (Å²) >= 11 is 0. The van der Waals surface area contributed by atoms with E-state index in [1.165, 1.54) is 6.07 Å². The summed E-state index contributed by atoms with van der Waals surface area (Å²) in [4.78, 5) is 30.0. The van der Waals surface area contributed by atoms with Crippen LogP contribution in [0.4, 0.5) is 10.3 Å². The van der Waals surface area contributed by atoms with Crippen molar-refractivity contribution in [3.8, 4) is 16.9 Å². The second-order valence-corrected chi connectivity index (χ2v) is 9.99. The first-order valence-corrected chi connectivity index (χ1v) is 13.0. The number of nitrogens with zero attached hydrogens (tertiary/aromatic N) is 5. The summed E-state index contributed by atoms with van der Waals surface area (Å²) in [5, 5.41) is 3.28. The number of pyridine rings is 1. The van der Waals surface area contributed by atoms with Crippen molar-refractivity contribution in [1.82, 2.24) is 24.3 Å². The zero-order valence-corrected chi connectivity index (χ0v) is 21.0. The Labute approximate surface area is 218 Å². The summed E-state index contributed by atoms with van der Waals surface area (Å²) in [6, 6.07) is 7.18. The van der Waals surface area contributed by atoms with Gasteiger partial charge < -0.3 is 19.7 Å². The number of fused-ring (bicyclic) bond motifs is 3. The smallest absolute Gasteiger partial charge is 0.275 e. The van der Waals surface area contributed by atoms with Crippen molar-refractivity contribution >= 4 is 17.4 Å². The van der Waals surface area contributed by atoms with Gasteiger partial charge in [-0.3, -0.25) is 14.2 Å². The number of rotatable bonds is 4. The van der Waals surface area contributed by atoms with E-state index >= 15 is 0 Å². The van der Waals surface area contributed by atoms with Gasteiger partial charge in [-0.1, -0.05) is 6.07 Å². The number of aryl methyl sites for hydroxylation is 1. The van der Waals surface area contributed by atoms with Gasteiger partial charge in [0.1, 0.15) is 17.9 Å². The zero-order valence-electron chi connectivity index (χ0n) is 21.0. The number of hydrogen-bond acceptors (Lipinski definition) is 7. The third kappa shape index (κ3) is 3.70. The van der Waals surface area contributed by atoms with Crippen LogP contribution in [0.25, 0.3) is 16.6 Å². The van der Waals surface area contributed by atoms with Crippen LogP contribution in [0.5, 0.6) is 5.75 Å². The molecule has 0 spiro atoms. The Morgan fingerprint density at radius 2 is 1.97 bits per heavy atom. The molecule has 0 bridgehead atoms. The summed E-state index contributed by atoms with van der Waals surface area (Å²) in [6.07, 6.45) is 5.59. The fraction of sp³-hybridized carbons (Fsp3) is 0.357. The first-order chi connectivity index (χ1) is 18.6. The number of imidazole rings is 1. The molecule has 1 saturated heterocycles. The number of hydrogen-bond donors (Lipinski definition) is 1. The SMILES string of the molecule is Cc1ccc2c(n1)CN(C1CCOCC1)C(=O)c1ncn3c(NCc4c(F)ccc5c4CCO5)ncc-2c13. The highest BCUT2D eigenvalue weighted by Crippen LogP contribution is 2.36. The Morgan fingerprint density at radius 1 is 1.11 bits per heavy atom. The number of amides is 1. The summed E-state index contributed by atoms with van der Waals surface area (Å²) in [5.41, 5.74) is 5.93. The predicted octanol–water partition coefficient (Wildman–Crippen LogP) is 3.92. The van der Waals surface area contributed by atoms with Crippen molar-refractivity contribution in [2.45, 2.75) is 45.3 Å². The van der Waals surface area contributed by atoms with Gasteiger partial charge in [0.2, 0.25) is 5.95 Å². The molecule has 38 heavy (non-hydrogen) atoms. The lowest BCUT2D eigenvalue weighted by Gasteiger charge is -2.35. The van der Waals surface area contributed by atoms with Crippen LogP contribution in [0.3, 0.4) is 0 Å². The molecule has 0 radical (unpaired) electrons. The quantitative estimate of drug-likeness (QED) is 0.441. The van der Waals surface area contributed by atoms with Crippen LogP contribution in [0, 0.1) is 12.7 Å². The molecule has 1 aromatic carbocycles. The lowest BCUT2D eigenvalue weighted by molar-refractivity contribution is 0.0262. The molecule has 1 amide bonds. The van der Waals surface area contributed by atoms with Crippen LogP contribution < -0.4 is 10.1 Å². The molecule has 3 aliphatic heterocycles. The minimum absolute atomic E-state index is 0.0505. The van der Waals surface area contributed by atoms with Crippen LogP contribution >= 0.6 is 0 Å². The highest BCUT2D eigenvalue weighted by Gasteiger charge is 2.34. The Balaban J connectivity index is 1.33. The van der Waals surface area contributed by atoms with E-state index in [0.29, 0.717) is 55.5 Å². The number of benzene rings is 1. The Bertz CT molecular complexity index is 1580. The van der Waals surface area contributed by atoms with Gasteiger partial charge in [0, 0.05) is 66.4 Å². The van der Waals surface area contributed by atoms with E-state index < -0.39 is 0 Å². The molecule has 3 aliphatic rings. The van der Waals surface area contributed by atoms with E-state index in [0.717, 1.165) is 46.7 Å². The third-order valence-electron chi connectivity index (χ3n) is 7.75. The van der Waals surface area contributed by atoms with E-state index in [1.54, 1.807) is 23.0 Å². The molecule has 0 atom stereocenters. The normalized spacial score (nSPS) is 17.1. The first-order valence-electron chi connectivity index (χ1n) is 13.0. The monoisotopic (exact) mass is 514 g/mol. The Kier molecular flexibility index (Phi) is 5.50. The predicted molar refractivity (Wildman–Crippen MR) is 138 cm³/mol. The van der Waals surface area contributed by atoms with Crippen molar-refractivity contribution in [2.24, 2.45) is 0 Å². The van der Waals surface area contributed by atoms with Gasteiger partial charge in [0.05, 0.1) is 24.4 Å². The van der Waals surface area contributed by atoms with Crippen LogP contribution in [-0.4, -0.2) is 56.0 Å². The van der Waals surface area contributed by atoms with Gasteiger partial charge in [-0.05, 0) is 38.0 Å². The average molecular weight is 515 g/mol. The molecule has 1 N–H and O–H groups in total. The Morgan fingerprint density at radius 3 is 2.84 bits per heavy atom. The summed E-state index contributed by atoms with van der Waals surface area (Å²) < 4.78 is 27.7. The van der Waals surface area contributed by atoms with E-state index in [2.05, 4.69) is 15.3 Å². The summed E-state index contributed by atoms with van der Waals surface area (Å²) in [5.74, 6) is 0.789. The van der Waals surface area contributed by atoms with E-state index in [-0.39, 0.29) is 24.3 Å². The molecule has 7 rings (SSSR count). The standard InChI is InChI=1S/C28H27FN6O3/c1-16-2-3-18-21-13-31-28(30-12-20-19-8-11-38-24(19)5-4-22(20)29)35-15-32-25(26(21)35)27(36)34(14-23(18)33-16)17-6-9-37-10-7-17/h2-5,13,15,17H,6-12,14H2,1H3,(H,30,31). The van der Waals surface area contributed by atoms with Crippen molar-refractivity contribution in [3.63, 3.8) is 0 Å². The van der Waals surface area contributed by atoms with E-state index in [4.69, 9.17) is 14.5 Å². The highest BCUT2D eigenvalue weighted by molar-refractivity contribution is 6.04. The molecule has 9 nitrogen and oxygen atoms in total. The number of carbonyl (C=O) groups is 1. The van der Waals surface area contributed by atoms with Crippen molar-refractivity contribution < 1.29 is 18.7 Å². The molecule has 3 aromatic heterocycles. The van der Waals surface area contributed by atoms with Gasteiger partial charge in [-0.2, -0.15) is 0 Å². The maximum Gasteiger partial charge on any atom is 0.275 e. The topological polar surface area (TPSA) is 93.9 Å². The maximum absolute atomic E-state index is 14.8. The molecule has 4 aromatic rings. The van der Waals surface area contributed by atoms with Gasteiger partial charge >= 0.3 is 0 Å². The Hall–Kier alpha value is -4.05. The van der Waals surface area contributed by atoms with Gasteiger partial charge in [-0.15, -0.1) is 0 Å². The number of carbonyl (C=O) groups excluding carboxylic acids is 1. The largest absolute Gasteiger partial charge is 0.493 e. The van der Waals surface area contributed by atoms with Crippen LogP contribution in [0.2, 0.25) is 0 Å². The molecular weight excluding hydrogens is 487 g/mol. The highest BCUT2D eigenvalue weighted by atomic mass is 19.1. The molecule has 10 heteroatoms. The van der Waals surface area contributed by atoms with Gasteiger partial charge in [0.15, 0.2) is 5.69 Å². The van der Waals surface area contributed by atoms with Crippen molar-refractivity contribution in [2.75, 3.05) is 25.1 Å². The number of anilines is 1. The molecule has 1 fully saturated rings. The summed E-state index contributed by atoms with van der Waals surface area (Å²) in [7, 11) is 0. The van der Waals surface area contributed by atoms with Crippen LogP contribution in [0.1, 0.15) is 45.8 Å². The number of aromatic nitrogens is 4. The molecule has 0 saturated carbocycles. The zero-order chi connectivity index (χ0) is 25.8. The lowest BCUT2D eigenvalue weighted by Crippen LogP contribution is -2.43. The minimum atomic E-state index is -0.284. The van der Waals surface area contributed by atoms with Crippen molar-refractivity contribution in [3.05, 3.63) is 70.8 Å². The fourth-order valence-electron chi connectivity index (χ4n) is 5.81. The van der Waals surface area contributed by atoms with Gasteiger partial charge in [-0.25, -0.2) is 14.4 Å². The molecule has 6 heterocycles. The molecule has 0 unspecified atom stereocenters. The van der Waals surface area contributed by atoms with Crippen LogP contribution in [0.15, 0.2) is 36.8 Å². The van der Waals surface area contributed by atoms with E-state index in [9.17, 15) is 9.18 Å². The van der Waals surface area contributed by atoms with Crippen LogP contribution in [-0.2, 0) is 24.2 Å². The minimum Gasteiger partial charge on any atom is -0.493 e. The number of nitrogens with one attached hydrogen (secondary N) is 1. The summed E-state index contributed by atoms with van der Waals surface area (Å²) in [6.45, 7) is 4.38. The number of ether oxygens (including phenoxy) is 2. The molecular formula is C28H27FN6O3. The second-order valence-electron chi connectivity index (χ2n) is 9.99. The second kappa shape index (κ2) is 9.05. The van der Waals surface area contributed by atoms with Gasteiger partial charge in [0.25, 0.3) is 5.91 Å². The maximum atomic E-state index is 14.8. The fourth-order valence-corrected chi connectivity index (χ4v) is 5.81. The first kappa shape index (κ1) is 23.1. The van der Waals surface area contributed by atoms with Crippen molar-refractivity contribution in [1.29, 1.82) is 0 Å². The number of halogens is 1. The third-order valence-corrected chi connectivity index (χ3v) is 7.75. The van der Waals surface area contributed by atoms with E-state index in [1.807, 2.05) is 24.0 Å². The molecule has 194 valence electrons. The lowest BCUT2D eigenvalue weighted by atomic mass is 9.98.